The monoisotopic (exact) mass is 273 g/mol. The Bertz CT molecular complexity index is 248. The predicted octanol–water partition coefficient (Wildman–Crippen LogP) is 1.31. The van der Waals surface area contributed by atoms with E-state index in [4.69, 9.17) is 17.0 Å². The van der Waals surface area contributed by atoms with Crippen LogP contribution in [0.3, 0.4) is 0 Å². The van der Waals surface area contributed by atoms with Gasteiger partial charge in [0.2, 0.25) is 0 Å². The van der Waals surface area contributed by atoms with Crippen molar-refractivity contribution in [2.75, 3.05) is 46.9 Å². The largest absolute Gasteiger partial charge is 0.382 e. The SMILES string of the molecule is CCOCCCNC(=S)N1CCCC(N(C)C)C1. The molecule has 0 aromatic rings. The maximum Gasteiger partial charge on any atom is 0.168 e. The van der Waals surface area contributed by atoms with Crippen molar-refractivity contribution in [3.63, 3.8) is 0 Å². The van der Waals surface area contributed by atoms with E-state index in [0.717, 1.165) is 44.4 Å². The Morgan fingerprint density at radius 2 is 2.28 bits per heavy atom. The number of nitrogens with one attached hydrogen (secondary N) is 1. The summed E-state index contributed by atoms with van der Waals surface area (Å²) in [4.78, 5) is 4.59. The van der Waals surface area contributed by atoms with E-state index in [1.54, 1.807) is 0 Å². The summed E-state index contributed by atoms with van der Waals surface area (Å²) in [6.45, 7) is 6.66. The number of hydrogen-bond acceptors (Lipinski definition) is 3. The normalized spacial score (nSPS) is 20.2. The molecule has 1 atom stereocenters. The Kier molecular flexibility index (Phi) is 7.54. The van der Waals surface area contributed by atoms with E-state index in [9.17, 15) is 0 Å². The van der Waals surface area contributed by atoms with Gasteiger partial charge in [-0.05, 0) is 52.5 Å². The van der Waals surface area contributed by atoms with Crippen LogP contribution in [0.4, 0.5) is 0 Å². The molecule has 0 saturated carbocycles. The van der Waals surface area contributed by atoms with Crippen molar-refractivity contribution in [1.82, 2.24) is 15.1 Å². The Labute approximate surface area is 117 Å². The molecule has 0 aromatic carbocycles. The topological polar surface area (TPSA) is 27.7 Å². The Hall–Kier alpha value is -0.390. The van der Waals surface area contributed by atoms with E-state index in [1.807, 2.05) is 6.92 Å². The zero-order valence-corrected chi connectivity index (χ0v) is 12.8. The van der Waals surface area contributed by atoms with Gasteiger partial charge in [-0.2, -0.15) is 0 Å². The lowest BCUT2D eigenvalue weighted by molar-refractivity contribution is 0.145. The van der Waals surface area contributed by atoms with Crippen molar-refractivity contribution >= 4 is 17.3 Å². The van der Waals surface area contributed by atoms with E-state index >= 15 is 0 Å². The average Bonchev–Trinajstić information content (AvgIpc) is 2.38. The van der Waals surface area contributed by atoms with E-state index in [0.29, 0.717) is 6.04 Å². The molecule has 0 amide bonds. The summed E-state index contributed by atoms with van der Waals surface area (Å²) in [5.74, 6) is 0. The van der Waals surface area contributed by atoms with Gasteiger partial charge in [0.15, 0.2) is 5.11 Å². The molecule has 5 heteroatoms. The lowest BCUT2D eigenvalue weighted by Crippen LogP contribution is -2.50. The molecule has 1 fully saturated rings. The first-order valence-corrected chi connectivity index (χ1v) is 7.33. The Balaban J connectivity index is 2.20. The van der Waals surface area contributed by atoms with Gasteiger partial charge in [0.25, 0.3) is 0 Å². The molecule has 0 aliphatic carbocycles. The third-order valence-electron chi connectivity index (χ3n) is 3.36. The Morgan fingerprint density at radius 3 is 2.94 bits per heavy atom. The van der Waals surface area contributed by atoms with Crippen molar-refractivity contribution in [1.29, 1.82) is 0 Å². The molecule has 1 unspecified atom stereocenters. The van der Waals surface area contributed by atoms with Crippen molar-refractivity contribution in [2.45, 2.75) is 32.2 Å². The van der Waals surface area contributed by atoms with Crippen LogP contribution < -0.4 is 5.32 Å². The fourth-order valence-corrected chi connectivity index (χ4v) is 2.45. The first kappa shape index (κ1) is 15.7. The molecule has 1 saturated heterocycles. The van der Waals surface area contributed by atoms with Crippen LogP contribution in [0.5, 0.6) is 0 Å². The molecule has 1 N–H and O–H groups in total. The van der Waals surface area contributed by atoms with E-state index < -0.39 is 0 Å². The molecule has 1 rings (SSSR count). The van der Waals surface area contributed by atoms with Crippen LogP contribution in [0.15, 0.2) is 0 Å². The maximum absolute atomic E-state index is 5.45. The first-order chi connectivity index (χ1) is 8.65. The summed E-state index contributed by atoms with van der Waals surface area (Å²) in [6.07, 6.45) is 3.51. The van der Waals surface area contributed by atoms with Crippen molar-refractivity contribution in [2.24, 2.45) is 0 Å². The summed E-state index contributed by atoms with van der Waals surface area (Å²) in [7, 11) is 4.29. The number of nitrogens with zero attached hydrogens (tertiary/aromatic N) is 2. The van der Waals surface area contributed by atoms with Gasteiger partial charge in [0.05, 0.1) is 0 Å². The number of ether oxygens (including phenoxy) is 1. The first-order valence-electron chi connectivity index (χ1n) is 6.92. The minimum atomic E-state index is 0.627. The fraction of sp³-hybridized carbons (Fsp3) is 0.923. The van der Waals surface area contributed by atoms with E-state index in [2.05, 4.69) is 29.2 Å². The van der Waals surface area contributed by atoms with Crippen LogP contribution in [0.2, 0.25) is 0 Å². The molecule has 0 bridgehead atoms. The number of rotatable bonds is 6. The number of thiocarbonyl (C=S) groups is 1. The number of hydrogen-bond donors (Lipinski definition) is 1. The highest BCUT2D eigenvalue weighted by molar-refractivity contribution is 7.80. The van der Waals surface area contributed by atoms with Gasteiger partial charge in [-0.15, -0.1) is 0 Å². The van der Waals surface area contributed by atoms with Crippen molar-refractivity contribution in [3.8, 4) is 0 Å². The molecule has 1 heterocycles. The molecule has 106 valence electrons. The number of likely N-dealkylation sites (N-methyl/N-ethyl adjacent to an activating group) is 1. The standard InChI is InChI=1S/C13H27N3OS/c1-4-17-10-6-8-14-13(18)16-9-5-7-12(11-16)15(2)3/h12H,4-11H2,1-3H3,(H,14,18). The average molecular weight is 273 g/mol. The molecule has 18 heavy (non-hydrogen) atoms. The minimum Gasteiger partial charge on any atom is -0.382 e. The quantitative estimate of drug-likeness (QED) is 0.582. The molecular formula is C13H27N3OS. The summed E-state index contributed by atoms with van der Waals surface area (Å²) >= 11 is 5.45. The molecule has 0 spiro atoms. The smallest absolute Gasteiger partial charge is 0.168 e. The summed E-state index contributed by atoms with van der Waals surface area (Å²) in [6, 6.07) is 0.627. The van der Waals surface area contributed by atoms with Gasteiger partial charge < -0.3 is 19.9 Å². The third-order valence-corrected chi connectivity index (χ3v) is 3.76. The molecule has 0 aromatic heterocycles. The zero-order chi connectivity index (χ0) is 13.4. The van der Waals surface area contributed by atoms with Gasteiger partial charge >= 0.3 is 0 Å². The molecule has 1 aliphatic heterocycles. The minimum absolute atomic E-state index is 0.627. The number of piperidine rings is 1. The lowest BCUT2D eigenvalue weighted by atomic mass is 10.1. The molecule has 0 radical (unpaired) electrons. The highest BCUT2D eigenvalue weighted by Gasteiger charge is 2.22. The highest BCUT2D eigenvalue weighted by atomic mass is 32.1. The maximum atomic E-state index is 5.45. The van der Waals surface area contributed by atoms with Crippen LogP contribution in [0.1, 0.15) is 26.2 Å². The van der Waals surface area contributed by atoms with Crippen LogP contribution in [0, 0.1) is 0 Å². The van der Waals surface area contributed by atoms with Crippen LogP contribution in [-0.2, 0) is 4.74 Å². The van der Waals surface area contributed by atoms with Gasteiger partial charge in [-0.1, -0.05) is 0 Å². The number of likely N-dealkylation sites (tertiary alicyclic amines) is 1. The van der Waals surface area contributed by atoms with Crippen LogP contribution in [0.25, 0.3) is 0 Å². The van der Waals surface area contributed by atoms with Gasteiger partial charge in [-0.25, -0.2) is 0 Å². The molecule has 4 nitrogen and oxygen atoms in total. The van der Waals surface area contributed by atoms with Crippen LogP contribution in [-0.4, -0.2) is 67.9 Å². The van der Waals surface area contributed by atoms with Crippen molar-refractivity contribution in [3.05, 3.63) is 0 Å². The van der Waals surface area contributed by atoms with E-state index in [-0.39, 0.29) is 0 Å². The summed E-state index contributed by atoms with van der Waals surface area (Å²) in [5.41, 5.74) is 0. The second-order valence-corrected chi connectivity index (χ2v) is 5.37. The fourth-order valence-electron chi connectivity index (χ4n) is 2.19. The van der Waals surface area contributed by atoms with Gasteiger partial charge in [0, 0.05) is 38.9 Å². The predicted molar refractivity (Wildman–Crippen MR) is 80.0 cm³/mol. The Morgan fingerprint density at radius 1 is 1.50 bits per heavy atom. The molecular weight excluding hydrogens is 246 g/mol. The second kappa shape index (κ2) is 8.67. The second-order valence-electron chi connectivity index (χ2n) is 4.99. The van der Waals surface area contributed by atoms with Crippen LogP contribution >= 0.6 is 12.2 Å². The summed E-state index contributed by atoms with van der Waals surface area (Å²) < 4.78 is 5.31. The third kappa shape index (κ3) is 5.50. The lowest BCUT2D eigenvalue weighted by Gasteiger charge is -2.37. The highest BCUT2D eigenvalue weighted by Crippen LogP contribution is 2.13. The zero-order valence-electron chi connectivity index (χ0n) is 11.9. The van der Waals surface area contributed by atoms with Crippen molar-refractivity contribution < 1.29 is 4.74 Å². The van der Waals surface area contributed by atoms with Gasteiger partial charge in [-0.3, -0.25) is 0 Å². The molecule has 1 aliphatic rings. The van der Waals surface area contributed by atoms with E-state index in [1.165, 1.54) is 12.8 Å². The van der Waals surface area contributed by atoms with Gasteiger partial charge in [0.1, 0.15) is 0 Å². The summed E-state index contributed by atoms with van der Waals surface area (Å²) in [5, 5.41) is 4.23.